The van der Waals surface area contributed by atoms with Crippen LogP contribution in [-0.4, -0.2) is 42.8 Å². The normalized spacial score (nSPS) is 16.3. The van der Waals surface area contributed by atoms with Gasteiger partial charge in [-0.3, -0.25) is 9.59 Å². The average Bonchev–Trinajstić information content (AvgIpc) is 2.89. The first-order valence-electron chi connectivity index (χ1n) is 13.2. The van der Waals surface area contributed by atoms with Gasteiger partial charge in [0, 0.05) is 25.0 Å². The highest BCUT2D eigenvalue weighted by Gasteiger charge is 2.40. The molecule has 2 atom stereocenters. The van der Waals surface area contributed by atoms with Crippen molar-refractivity contribution in [2.24, 2.45) is 11.3 Å². The van der Waals surface area contributed by atoms with Crippen molar-refractivity contribution in [2.45, 2.75) is 65.6 Å². The Labute approximate surface area is 230 Å². The summed E-state index contributed by atoms with van der Waals surface area (Å²) in [6.45, 7) is 7.52. The maximum atomic E-state index is 13.4. The van der Waals surface area contributed by atoms with Gasteiger partial charge in [0.2, 0.25) is 0 Å². The van der Waals surface area contributed by atoms with Crippen LogP contribution in [0.3, 0.4) is 0 Å². The lowest BCUT2D eigenvalue weighted by Crippen LogP contribution is -2.51. The van der Waals surface area contributed by atoms with Gasteiger partial charge in [-0.2, -0.15) is 0 Å². The van der Waals surface area contributed by atoms with Gasteiger partial charge in [-0.25, -0.2) is 9.59 Å². The van der Waals surface area contributed by atoms with Crippen LogP contribution < -0.4 is 10.6 Å². The first-order valence-corrected chi connectivity index (χ1v) is 13.2. The number of ether oxygens (including phenoxy) is 2. The number of carbonyl (C=O) groups excluding carboxylic acids is 4. The molecule has 0 saturated heterocycles. The van der Waals surface area contributed by atoms with Crippen molar-refractivity contribution >= 4 is 23.6 Å². The molecule has 1 aliphatic carbocycles. The molecule has 1 fully saturated rings. The van der Waals surface area contributed by atoms with Gasteiger partial charge in [0.15, 0.2) is 11.6 Å². The van der Waals surface area contributed by atoms with Crippen molar-refractivity contribution < 1.29 is 28.7 Å². The molecule has 208 valence electrons. The van der Waals surface area contributed by atoms with Crippen LogP contribution in [0.15, 0.2) is 71.9 Å². The third-order valence-electron chi connectivity index (χ3n) is 6.67. The van der Waals surface area contributed by atoms with E-state index in [-0.39, 0.29) is 54.6 Å². The molecule has 0 radical (unpaired) electrons. The average molecular weight is 535 g/mol. The molecule has 8 heteroatoms. The van der Waals surface area contributed by atoms with E-state index in [4.69, 9.17) is 9.47 Å². The number of carbonyl (C=O) groups is 4. The first kappa shape index (κ1) is 29.6. The predicted molar refractivity (Wildman–Crippen MR) is 148 cm³/mol. The maximum absolute atomic E-state index is 13.4. The molecule has 1 aliphatic rings. The number of Topliss-reactive ketones (excluding diaryl/α,β-unsaturated/α-hetero) is 2. The largest absolute Gasteiger partial charge is 0.467 e. The minimum absolute atomic E-state index is 0.0154. The molecule has 0 heterocycles. The van der Waals surface area contributed by atoms with Crippen LogP contribution in [0.2, 0.25) is 0 Å². The quantitative estimate of drug-likeness (QED) is 0.262. The fraction of sp³-hybridized carbons (Fsp3) is 0.419. The van der Waals surface area contributed by atoms with Crippen LogP contribution in [0.25, 0.3) is 0 Å². The molecule has 39 heavy (non-hydrogen) atoms. The molecule has 2 aromatic rings. The summed E-state index contributed by atoms with van der Waals surface area (Å²) in [5, 5.41) is 6.00. The van der Waals surface area contributed by atoms with Crippen LogP contribution in [0.5, 0.6) is 0 Å². The SMILES string of the molecule is COC(=O)C(Cc1ccccc1)NC(=C1C(=O)CC(C)(C)CC1=O)C(NC(=O)OCc1ccccc1)C(C)C. The zero-order valence-electron chi connectivity index (χ0n) is 23.3. The molecule has 3 rings (SSSR count). The van der Waals surface area contributed by atoms with Gasteiger partial charge in [-0.05, 0) is 22.5 Å². The number of rotatable bonds is 10. The number of amides is 1. The molecule has 8 nitrogen and oxygen atoms in total. The van der Waals surface area contributed by atoms with E-state index in [0.717, 1.165) is 11.1 Å². The van der Waals surface area contributed by atoms with Crippen LogP contribution in [-0.2, 0) is 36.9 Å². The molecule has 0 aliphatic heterocycles. The van der Waals surface area contributed by atoms with Crippen LogP contribution in [0.1, 0.15) is 51.7 Å². The summed E-state index contributed by atoms with van der Waals surface area (Å²) < 4.78 is 10.5. The summed E-state index contributed by atoms with van der Waals surface area (Å²) in [5.74, 6) is -1.46. The van der Waals surface area contributed by atoms with Crippen molar-refractivity contribution in [1.82, 2.24) is 10.6 Å². The molecule has 2 aromatic carbocycles. The minimum atomic E-state index is -0.904. The number of nitrogens with one attached hydrogen (secondary N) is 2. The molecule has 2 unspecified atom stereocenters. The Morgan fingerprint density at radius 3 is 1.92 bits per heavy atom. The van der Waals surface area contributed by atoms with Gasteiger partial charge < -0.3 is 20.1 Å². The van der Waals surface area contributed by atoms with E-state index in [1.165, 1.54) is 7.11 Å². The van der Waals surface area contributed by atoms with Crippen molar-refractivity contribution in [3.8, 4) is 0 Å². The van der Waals surface area contributed by atoms with E-state index < -0.39 is 29.6 Å². The Hall–Kier alpha value is -3.94. The summed E-state index contributed by atoms with van der Waals surface area (Å²) in [6, 6.07) is 16.9. The molecule has 0 aromatic heterocycles. The lowest BCUT2D eigenvalue weighted by molar-refractivity contribution is -0.143. The third kappa shape index (κ3) is 8.27. The number of hydrogen-bond acceptors (Lipinski definition) is 7. The lowest BCUT2D eigenvalue weighted by Gasteiger charge is -2.34. The number of methoxy groups -OCH3 is 1. The number of ketones is 2. The topological polar surface area (TPSA) is 111 Å². The Bertz CT molecular complexity index is 1180. The summed E-state index contributed by atoms with van der Waals surface area (Å²) >= 11 is 0. The molecule has 0 spiro atoms. The second-order valence-electron chi connectivity index (χ2n) is 11.0. The summed E-state index contributed by atoms with van der Waals surface area (Å²) in [5.41, 5.74) is 1.39. The zero-order chi connectivity index (χ0) is 28.6. The van der Waals surface area contributed by atoms with Gasteiger partial charge in [0.05, 0.1) is 18.7 Å². The first-order chi connectivity index (χ1) is 18.5. The summed E-state index contributed by atoms with van der Waals surface area (Å²) in [7, 11) is 1.29. The molecule has 1 saturated carbocycles. The summed E-state index contributed by atoms with van der Waals surface area (Å²) in [4.78, 5) is 52.6. The van der Waals surface area contributed by atoms with Crippen molar-refractivity contribution in [3.05, 3.63) is 83.1 Å². The second-order valence-corrected chi connectivity index (χ2v) is 11.0. The van der Waals surface area contributed by atoms with E-state index in [1.54, 1.807) is 0 Å². The second kappa shape index (κ2) is 13.2. The minimum Gasteiger partial charge on any atom is -0.467 e. The number of hydrogen-bond donors (Lipinski definition) is 2. The van der Waals surface area contributed by atoms with Crippen molar-refractivity contribution in [1.29, 1.82) is 0 Å². The standard InChI is InChI=1S/C31H38N2O6/c1-20(2)27(33-30(37)39-19-22-14-10-7-11-15-22)28(26-24(34)17-31(3,4)18-25(26)35)32-23(29(36)38-5)16-21-12-8-6-9-13-21/h6-15,20,23,27,32H,16-19H2,1-5H3,(H,33,37). The Morgan fingerprint density at radius 1 is 0.872 bits per heavy atom. The Kier molecular flexibility index (Phi) is 10.0. The summed E-state index contributed by atoms with van der Waals surface area (Å²) in [6.07, 6.45) is -0.110. The fourth-order valence-electron chi connectivity index (χ4n) is 4.72. The smallest absolute Gasteiger partial charge is 0.408 e. The molecule has 2 N–H and O–H groups in total. The molecule has 0 bridgehead atoms. The monoisotopic (exact) mass is 534 g/mol. The number of allylic oxidation sites excluding steroid dienone is 1. The highest BCUT2D eigenvalue weighted by Crippen LogP contribution is 2.35. The Morgan fingerprint density at radius 2 is 1.41 bits per heavy atom. The van der Waals surface area contributed by atoms with Crippen LogP contribution in [0, 0.1) is 11.3 Å². The maximum Gasteiger partial charge on any atom is 0.408 e. The van der Waals surface area contributed by atoms with Crippen molar-refractivity contribution in [2.75, 3.05) is 7.11 Å². The predicted octanol–water partition coefficient (Wildman–Crippen LogP) is 4.52. The van der Waals surface area contributed by atoms with Gasteiger partial charge in [0.25, 0.3) is 0 Å². The zero-order valence-corrected chi connectivity index (χ0v) is 23.3. The van der Waals surface area contributed by atoms with E-state index in [1.807, 2.05) is 88.4 Å². The van der Waals surface area contributed by atoms with Gasteiger partial charge in [0.1, 0.15) is 12.6 Å². The van der Waals surface area contributed by atoms with Crippen molar-refractivity contribution in [3.63, 3.8) is 0 Å². The highest BCUT2D eigenvalue weighted by atomic mass is 16.5. The third-order valence-corrected chi connectivity index (χ3v) is 6.67. The number of alkyl carbamates (subject to hydrolysis) is 1. The van der Waals surface area contributed by atoms with E-state index in [2.05, 4.69) is 10.6 Å². The lowest BCUT2D eigenvalue weighted by atomic mass is 9.72. The number of benzene rings is 2. The molecule has 1 amide bonds. The molecular weight excluding hydrogens is 496 g/mol. The van der Waals surface area contributed by atoms with Crippen LogP contribution >= 0.6 is 0 Å². The van der Waals surface area contributed by atoms with E-state index in [0.29, 0.717) is 0 Å². The van der Waals surface area contributed by atoms with Gasteiger partial charge in [-0.15, -0.1) is 0 Å². The van der Waals surface area contributed by atoms with Crippen LogP contribution in [0.4, 0.5) is 4.79 Å². The highest BCUT2D eigenvalue weighted by molar-refractivity contribution is 6.23. The van der Waals surface area contributed by atoms with Gasteiger partial charge in [-0.1, -0.05) is 88.4 Å². The Balaban J connectivity index is 1.98. The van der Waals surface area contributed by atoms with E-state index >= 15 is 0 Å². The fourth-order valence-corrected chi connectivity index (χ4v) is 4.72. The molecular formula is C31H38N2O6. The van der Waals surface area contributed by atoms with E-state index in [9.17, 15) is 19.2 Å². The number of esters is 1. The van der Waals surface area contributed by atoms with Gasteiger partial charge >= 0.3 is 12.1 Å².